The van der Waals surface area contributed by atoms with Gasteiger partial charge in [-0.1, -0.05) is 19.1 Å². The van der Waals surface area contributed by atoms with Crippen molar-refractivity contribution < 1.29 is 9.53 Å². The summed E-state index contributed by atoms with van der Waals surface area (Å²) in [4.78, 5) is 30.1. The third-order valence-corrected chi connectivity index (χ3v) is 2.79. The molecule has 1 amide bonds. The van der Waals surface area contributed by atoms with Gasteiger partial charge < -0.3 is 4.74 Å². The molecule has 20 heavy (non-hydrogen) atoms. The molecule has 9 nitrogen and oxygen atoms in total. The first-order valence-electron chi connectivity index (χ1n) is 6.13. The van der Waals surface area contributed by atoms with Gasteiger partial charge in [-0.2, -0.15) is 9.67 Å². The highest BCUT2D eigenvalue weighted by Gasteiger charge is 2.17. The normalized spacial score (nSPS) is 12.8. The van der Waals surface area contributed by atoms with Crippen LogP contribution in [0.1, 0.15) is 27.0 Å². The number of nitrogens with zero attached hydrogens (tertiary/aromatic N) is 4. The van der Waals surface area contributed by atoms with Crippen LogP contribution in [0.2, 0.25) is 0 Å². The maximum absolute atomic E-state index is 11.9. The number of hydrogen-bond acceptors (Lipinski definition) is 6. The van der Waals surface area contributed by atoms with Gasteiger partial charge in [0.25, 0.3) is 5.56 Å². The first-order chi connectivity index (χ1) is 9.43. The van der Waals surface area contributed by atoms with Crippen LogP contribution in [-0.4, -0.2) is 38.0 Å². The molecule has 0 saturated heterocycles. The number of carbonyl (C=O) groups is 1. The summed E-state index contributed by atoms with van der Waals surface area (Å²) in [5.74, 6) is -0.406. The lowest BCUT2D eigenvalue weighted by molar-refractivity contribution is -0.118. The zero-order valence-corrected chi connectivity index (χ0v) is 11.7. The van der Waals surface area contributed by atoms with Crippen molar-refractivity contribution in [3.05, 3.63) is 10.4 Å². The minimum atomic E-state index is -0.469. The molecule has 0 aliphatic carbocycles. The molecule has 2 aromatic heterocycles. The van der Waals surface area contributed by atoms with Crippen molar-refractivity contribution in [1.82, 2.24) is 25.0 Å². The van der Waals surface area contributed by atoms with E-state index < -0.39 is 11.8 Å². The summed E-state index contributed by atoms with van der Waals surface area (Å²) in [5.41, 5.74) is -0.123. The van der Waals surface area contributed by atoms with Crippen LogP contribution >= 0.6 is 0 Å². The van der Waals surface area contributed by atoms with E-state index in [1.165, 1.54) is 11.8 Å². The van der Waals surface area contributed by atoms with Crippen molar-refractivity contribution in [3.63, 3.8) is 0 Å². The fourth-order valence-corrected chi connectivity index (χ4v) is 1.51. The number of aromatic nitrogens is 5. The van der Waals surface area contributed by atoms with Gasteiger partial charge in [-0.05, 0) is 6.92 Å². The molecule has 0 radical (unpaired) electrons. The molecule has 0 fully saturated rings. The van der Waals surface area contributed by atoms with Gasteiger partial charge in [0, 0.05) is 13.0 Å². The van der Waals surface area contributed by atoms with Crippen LogP contribution in [0.15, 0.2) is 4.79 Å². The molecule has 0 aliphatic rings. The Bertz CT molecular complexity index is 689. The average Bonchev–Trinajstić information content (AvgIpc) is 2.82. The highest BCUT2D eigenvalue weighted by atomic mass is 16.5. The largest absolute Gasteiger partial charge is 0.360 e. The fourth-order valence-electron chi connectivity index (χ4n) is 1.51. The Balaban J connectivity index is 2.49. The first-order valence-corrected chi connectivity index (χ1v) is 6.13. The molecular formula is C11H16N6O3. The predicted molar refractivity (Wildman–Crippen MR) is 71.1 cm³/mol. The molecule has 2 heterocycles. The Morgan fingerprint density at radius 3 is 2.70 bits per heavy atom. The van der Waals surface area contributed by atoms with E-state index in [4.69, 9.17) is 4.74 Å². The lowest BCUT2D eigenvalue weighted by Gasteiger charge is -2.10. The zero-order valence-electron chi connectivity index (χ0n) is 11.7. The number of nitrogens with one attached hydrogen (secondary N) is 2. The summed E-state index contributed by atoms with van der Waals surface area (Å²) in [6.45, 7) is 5.22. The maximum atomic E-state index is 11.9. The lowest BCUT2D eigenvalue weighted by Crippen LogP contribution is -2.22. The number of aromatic amines is 1. The Morgan fingerprint density at radius 2 is 2.10 bits per heavy atom. The summed E-state index contributed by atoms with van der Waals surface area (Å²) in [6, 6.07) is 0. The second-order valence-electron chi connectivity index (χ2n) is 4.60. The SMILES string of the molecule is CO[C@H](C)n1nnc2c(=O)[nH]c(NC(=O)C(C)C)nc21. The molecule has 9 heteroatoms. The van der Waals surface area contributed by atoms with Gasteiger partial charge in [0.2, 0.25) is 11.9 Å². The molecule has 0 bridgehead atoms. The number of methoxy groups -OCH3 is 1. The van der Waals surface area contributed by atoms with Crippen LogP contribution in [0.4, 0.5) is 5.95 Å². The Morgan fingerprint density at radius 1 is 1.40 bits per heavy atom. The van der Waals surface area contributed by atoms with Crippen LogP contribution in [0.3, 0.4) is 0 Å². The average molecular weight is 280 g/mol. The molecule has 0 aliphatic heterocycles. The third kappa shape index (κ3) is 2.52. The highest BCUT2D eigenvalue weighted by Crippen LogP contribution is 2.12. The van der Waals surface area contributed by atoms with Gasteiger partial charge in [0.1, 0.15) is 0 Å². The van der Waals surface area contributed by atoms with E-state index in [-0.39, 0.29) is 28.9 Å². The monoisotopic (exact) mass is 280 g/mol. The second kappa shape index (κ2) is 5.37. The molecule has 0 saturated carbocycles. The van der Waals surface area contributed by atoms with E-state index in [9.17, 15) is 9.59 Å². The summed E-state index contributed by atoms with van der Waals surface area (Å²) >= 11 is 0. The number of H-pyrrole nitrogens is 1. The maximum Gasteiger partial charge on any atom is 0.282 e. The van der Waals surface area contributed by atoms with Crippen LogP contribution in [0, 0.1) is 5.92 Å². The van der Waals surface area contributed by atoms with E-state index in [0.29, 0.717) is 0 Å². The van der Waals surface area contributed by atoms with Gasteiger partial charge in [-0.25, -0.2) is 0 Å². The van der Waals surface area contributed by atoms with Gasteiger partial charge in [0.15, 0.2) is 17.4 Å². The highest BCUT2D eigenvalue weighted by molar-refractivity contribution is 5.90. The Hall–Kier alpha value is -2.29. The molecule has 2 rings (SSSR count). The topological polar surface area (TPSA) is 115 Å². The van der Waals surface area contributed by atoms with E-state index in [2.05, 4.69) is 25.6 Å². The summed E-state index contributed by atoms with van der Waals surface area (Å²) < 4.78 is 6.49. The van der Waals surface area contributed by atoms with Crippen LogP contribution in [0.25, 0.3) is 11.2 Å². The number of anilines is 1. The molecule has 2 N–H and O–H groups in total. The fraction of sp³-hybridized carbons (Fsp3) is 0.545. The number of rotatable bonds is 4. The minimum absolute atomic E-state index is 0.0630. The second-order valence-corrected chi connectivity index (χ2v) is 4.60. The number of ether oxygens (including phenoxy) is 1. The summed E-state index contributed by atoms with van der Waals surface area (Å²) in [7, 11) is 1.51. The molecule has 2 aromatic rings. The number of fused-ring (bicyclic) bond motifs is 1. The third-order valence-electron chi connectivity index (χ3n) is 2.79. The lowest BCUT2D eigenvalue weighted by atomic mass is 10.2. The molecule has 0 aromatic carbocycles. The van der Waals surface area contributed by atoms with Gasteiger partial charge in [-0.3, -0.25) is 19.9 Å². The van der Waals surface area contributed by atoms with Crippen molar-refractivity contribution >= 4 is 23.0 Å². The van der Waals surface area contributed by atoms with E-state index in [1.54, 1.807) is 20.8 Å². The van der Waals surface area contributed by atoms with E-state index >= 15 is 0 Å². The van der Waals surface area contributed by atoms with Gasteiger partial charge >= 0.3 is 0 Å². The molecule has 108 valence electrons. The van der Waals surface area contributed by atoms with E-state index in [1.807, 2.05) is 0 Å². The Labute approximate surface area is 114 Å². The number of amides is 1. The van der Waals surface area contributed by atoms with Gasteiger partial charge in [-0.15, -0.1) is 5.10 Å². The van der Waals surface area contributed by atoms with Gasteiger partial charge in [0.05, 0.1) is 0 Å². The Kier molecular flexibility index (Phi) is 3.79. The number of carbonyl (C=O) groups excluding carboxylic acids is 1. The minimum Gasteiger partial charge on any atom is -0.360 e. The standard InChI is InChI=1S/C11H16N6O3/c1-5(2)9(18)13-11-12-8-7(10(19)14-11)15-16-17(8)6(3)20-4/h5-6H,1-4H3,(H2,12,13,14,18,19)/t6-/m1/s1. The van der Waals surface area contributed by atoms with Crippen molar-refractivity contribution in [2.45, 2.75) is 27.0 Å². The van der Waals surface area contributed by atoms with E-state index in [0.717, 1.165) is 0 Å². The molecule has 0 unspecified atom stereocenters. The molecule has 0 spiro atoms. The molecular weight excluding hydrogens is 264 g/mol. The van der Waals surface area contributed by atoms with Crippen molar-refractivity contribution in [3.8, 4) is 0 Å². The summed E-state index contributed by atoms with van der Waals surface area (Å²) in [5, 5.41) is 10.1. The first kappa shape index (κ1) is 14.1. The van der Waals surface area contributed by atoms with Crippen molar-refractivity contribution in [2.24, 2.45) is 5.92 Å². The smallest absolute Gasteiger partial charge is 0.282 e. The quantitative estimate of drug-likeness (QED) is 0.831. The van der Waals surface area contributed by atoms with Crippen molar-refractivity contribution in [1.29, 1.82) is 0 Å². The predicted octanol–water partition coefficient (Wildman–Crippen LogP) is 0.274. The number of hydrogen-bond donors (Lipinski definition) is 2. The van der Waals surface area contributed by atoms with Crippen LogP contribution < -0.4 is 10.9 Å². The molecule has 1 atom stereocenters. The van der Waals surface area contributed by atoms with Crippen LogP contribution in [0.5, 0.6) is 0 Å². The summed E-state index contributed by atoms with van der Waals surface area (Å²) in [6.07, 6.45) is -0.428. The van der Waals surface area contributed by atoms with Crippen LogP contribution in [-0.2, 0) is 9.53 Å². The van der Waals surface area contributed by atoms with Crippen molar-refractivity contribution in [2.75, 3.05) is 12.4 Å². The zero-order chi connectivity index (χ0) is 14.9.